The number of hydrogen-bond acceptors (Lipinski definition) is 5. The van der Waals surface area contributed by atoms with Crippen LogP contribution in [0.4, 0.5) is 0 Å². The van der Waals surface area contributed by atoms with Crippen molar-refractivity contribution >= 4 is 11.8 Å². The van der Waals surface area contributed by atoms with E-state index in [1.807, 2.05) is 6.92 Å². The van der Waals surface area contributed by atoms with E-state index in [-0.39, 0.29) is 11.8 Å². The second-order valence-corrected chi connectivity index (χ2v) is 6.10. The number of piperazine rings is 1. The summed E-state index contributed by atoms with van der Waals surface area (Å²) >= 11 is 0. The fraction of sp³-hybridized carbons (Fsp3) is 0.368. The molecule has 7 nitrogen and oxygen atoms in total. The maximum Gasteiger partial charge on any atom is 0.257 e. The normalized spacial score (nSPS) is 14.3. The second kappa shape index (κ2) is 7.51. The van der Waals surface area contributed by atoms with Gasteiger partial charge in [-0.05, 0) is 25.1 Å². The first-order valence-corrected chi connectivity index (χ1v) is 8.38. The predicted molar refractivity (Wildman–Crippen MR) is 94.8 cm³/mol. The average molecular weight is 358 g/mol. The molecule has 0 unspecified atom stereocenters. The second-order valence-electron chi connectivity index (χ2n) is 6.10. The Morgan fingerprint density at radius 1 is 0.923 bits per heavy atom. The van der Waals surface area contributed by atoms with Gasteiger partial charge in [-0.3, -0.25) is 9.59 Å². The van der Waals surface area contributed by atoms with Crippen LogP contribution in [0.1, 0.15) is 26.3 Å². The molecule has 1 saturated heterocycles. The summed E-state index contributed by atoms with van der Waals surface area (Å²) in [5.41, 5.74) is 1.89. The molecule has 2 amide bonds. The molecule has 7 heteroatoms. The van der Waals surface area contributed by atoms with E-state index in [4.69, 9.17) is 13.9 Å². The molecule has 1 aromatic carbocycles. The van der Waals surface area contributed by atoms with Gasteiger partial charge < -0.3 is 23.7 Å². The Labute approximate surface area is 152 Å². The third-order valence-electron chi connectivity index (χ3n) is 4.62. The van der Waals surface area contributed by atoms with Crippen molar-refractivity contribution in [2.24, 2.45) is 0 Å². The van der Waals surface area contributed by atoms with Crippen LogP contribution < -0.4 is 9.47 Å². The van der Waals surface area contributed by atoms with Crippen LogP contribution in [0.2, 0.25) is 0 Å². The Balaban J connectivity index is 1.70. The molecular formula is C19H22N2O5. The topological polar surface area (TPSA) is 72.2 Å². The van der Waals surface area contributed by atoms with Crippen LogP contribution in [0.5, 0.6) is 11.5 Å². The van der Waals surface area contributed by atoms with E-state index in [9.17, 15) is 9.59 Å². The SMILES string of the molecule is COc1cc(C(=O)N2CCN(C(=O)c3ccoc3)CC2)cc(OC)c1C. The summed E-state index contributed by atoms with van der Waals surface area (Å²) < 4.78 is 15.6. The molecule has 0 aliphatic carbocycles. The highest BCUT2D eigenvalue weighted by Crippen LogP contribution is 2.30. The lowest BCUT2D eigenvalue weighted by molar-refractivity contribution is 0.0534. The number of rotatable bonds is 4. The number of ether oxygens (including phenoxy) is 2. The minimum absolute atomic E-state index is 0.0791. The Kier molecular flexibility index (Phi) is 5.16. The van der Waals surface area contributed by atoms with Crippen LogP contribution in [0.3, 0.4) is 0 Å². The van der Waals surface area contributed by atoms with Gasteiger partial charge in [0.25, 0.3) is 11.8 Å². The summed E-state index contributed by atoms with van der Waals surface area (Å²) in [6.45, 7) is 3.79. The van der Waals surface area contributed by atoms with Crippen LogP contribution in [0.15, 0.2) is 35.1 Å². The lowest BCUT2D eigenvalue weighted by Crippen LogP contribution is -2.50. The van der Waals surface area contributed by atoms with E-state index in [2.05, 4.69) is 0 Å². The van der Waals surface area contributed by atoms with Crippen molar-refractivity contribution in [3.05, 3.63) is 47.4 Å². The van der Waals surface area contributed by atoms with E-state index < -0.39 is 0 Å². The van der Waals surface area contributed by atoms with Crippen LogP contribution in [-0.2, 0) is 0 Å². The first-order chi connectivity index (χ1) is 12.5. The van der Waals surface area contributed by atoms with Gasteiger partial charge in [0.15, 0.2) is 0 Å². The fourth-order valence-electron chi connectivity index (χ4n) is 3.07. The van der Waals surface area contributed by atoms with Crippen molar-refractivity contribution in [2.75, 3.05) is 40.4 Å². The monoisotopic (exact) mass is 358 g/mol. The molecule has 26 heavy (non-hydrogen) atoms. The molecule has 0 N–H and O–H groups in total. The van der Waals surface area contributed by atoms with E-state index in [0.29, 0.717) is 48.8 Å². The number of carbonyl (C=O) groups excluding carboxylic acids is 2. The van der Waals surface area contributed by atoms with Crippen molar-refractivity contribution in [1.29, 1.82) is 0 Å². The zero-order valence-electron chi connectivity index (χ0n) is 15.2. The van der Waals surface area contributed by atoms with Gasteiger partial charge in [-0.25, -0.2) is 0 Å². The third kappa shape index (κ3) is 3.37. The highest BCUT2D eigenvalue weighted by atomic mass is 16.5. The molecule has 1 aliphatic heterocycles. The number of carbonyl (C=O) groups is 2. The number of nitrogens with zero attached hydrogens (tertiary/aromatic N) is 2. The predicted octanol–water partition coefficient (Wildman–Crippen LogP) is 2.20. The Morgan fingerprint density at radius 3 is 1.85 bits per heavy atom. The van der Waals surface area contributed by atoms with Crippen LogP contribution >= 0.6 is 0 Å². The molecule has 0 radical (unpaired) electrons. The van der Waals surface area contributed by atoms with E-state index >= 15 is 0 Å². The molecule has 1 fully saturated rings. The number of methoxy groups -OCH3 is 2. The zero-order chi connectivity index (χ0) is 18.7. The summed E-state index contributed by atoms with van der Waals surface area (Å²) in [5.74, 6) is 1.05. The van der Waals surface area contributed by atoms with Crippen molar-refractivity contribution in [2.45, 2.75) is 6.92 Å². The van der Waals surface area contributed by atoms with Crippen molar-refractivity contribution in [3.8, 4) is 11.5 Å². The summed E-state index contributed by atoms with van der Waals surface area (Å²) in [6.07, 6.45) is 2.91. The van der Waals surface area contributed by atoms with Gasteiger partial charge in [-0.1, -0.05) is 0 Å². The standard InChI is InChI=1S/C19H22N2O5/c1-13-16(24-2)10-15(11-17(13)25-3)19(23)21-7-5-20(6-8-21)18(22)14-4-9-26-12-14/h4,9-12H,5-8H2,1-3H3. The van der Waals surface area contributed by atoms with Gasteiger partial charge >= 0.3 is 0 Å². The maximum atomic E-state index is 12.8. The van der Waals surface area contributed by atoms with Gasteiger partial charge in [0.05, 0.1) is 26.0 Å². The summed E-state index contributed by atoms with van der Waals surface area (Å²) in [4.78, 5) is 28.7. The summed E-state index contributed by atoms with van der Waals surface area (Å²) in [5, 5.41) is 0. The van der Waals surface area contributed by atoms with Crippen molar-refractivity contribution in [3.63, 3.8) is 0 Å². The van der Waals surface area contributed by atoms with Gasteiger partial charge in [-0.15, -0.1) is 0 Å². The summed E-state index contributed by atoms with van der Waals surface area (Å²) in [7, 11) is 3.13. The van der Waals surface area contributed by atoms with Gasteiger partial charge in [0, 0.05) is 37.3 Å². The first kappa shape index (κ1) is 17.8. The molecule has 2 heterocycles. The number of furan rings is 1. The molecule has 2 aromatic rings. The van der Waals surface area contributed by atoms with Crippen molar-refractivity contribution < 1.29 is 23.5 Å². The maximum absolute atomic E-state index is 12.8. The van der Waals surface area contributed by atoms with Gasteiger partial charge in [-0.2, -0.15) is 0 Å². The van der Waals surface area contributed by atoms with Gasteiger partial charge in [0.1, 0.15) is 17.8 Å². The highest BCUT2D eigenvalue weighted by molar-refractivity contribution is 5.96. The quantitative estimate of drug-likeness (QED) is 0.838. The number of hydrogen-bond donors (Lipinski definition) is 0. The number of amides is 2. The molecule has 0 spiro atoms. The molecule has 0 saturated carbocycles. The molecule has 1 aromatic heterocycles. The van der Waals surface area contributed by atoms with Crippen LogP contribution in [0, 0.1) is 6.92 Å². The molecule has 0 bridgehead atoms. The van der Waals surface area contributed by atoms with E-state index in [0.717, 1.165) is 5.56 Å². The molecule has 0 atom stereocenters. The Hall–Kier alpha value is -2.96. The summed E-state index contributed by atoms with van der Waals surface area (Å²) in [6, 6.07) is 5.09. The highest BCUT2D eigenvalue weighted by Gasteiger charge is 2.26. The average Bonchev–Trinajstić information content (AvgIpc) is 3.22. The molecular weight excluding hydrogens is 336 g/mol. The Bertz CT molecular complexity index is 767. The Morgan fingerprint density at radius 2 is 1.42 bits per heavy atom. The third-order valence-corrected chi connectivity index (χ3v) is 4.62. The minimum Gasteiger partial charge on any atom is -0.496 e. The molecule has 138 valence electrons. The minimum atomic E-state index is -0.1000. The number of benzene rings is 1. The molecule has 1 aliphatic rings. The lowest BCUT2D eigenvalue weighted by atomic mass is 10.1. The van der Waals surface area contributed by atoms with Gasteiger partial charge in [0.2, 0.25) is 0 Å². The fourth-order valence-corrected chi connectivity index (χ4v) is 3.07. The first-order valence-electron chi connectivity index (χ1n) is 8.38. The van der Waals surface area contributed by atoms with E-state index in [1.165, 1.54) is 12.5 Å². The van der Waals surface area contributed by atoms with Crippen LogP contribution in [-0.4, -0.2) is 62.0 Å². The van der Waals surface area contributed by atoms with E-state index in [1.54, 1.807) is 42.2 Å². The zero-order valence-corrected chi connectivity index (χ0v) is 15.2. The van der Waals surface area contributed by atoms with Crippen LogP contribution in [0.25, 0.3) is 0 Å². The molecule has 3 rings (SSSR count). The van der Waals surface area contributed by atoms with Crippen molar-refractivity contribution in [1.82, 2.24) is 9.80 Å². The largest absolute Gasteiger partial charge is 0.496 e. The smallest absolute Gasteiger partial charge is 0.257 e. The lowest BCUT2D eigenvalue weighted by Gasteiger charge is -2.34.